The highest BCUT2D eigenvalue weighted by Gasteiger charge is 2.52. The molecule has 0 saturated heterocycles. The second-order valence-corrected chi connectivity index (χ2v) is 10.2. The Morgan fingerprint density at radius 1 is 0.939 bits per heavy atom. The number of nitriles is 1. The Morgan fingerprint density at radius 3 is 2.30 bits per heavy atom. The van der Waals surface area contributed by atoms with Crippen LogP contribution in [0, 0.1) is 34.9 Å². The van der Waals surface area contributed by atoms with Gasteiger partial charge in [0.25, 0.3) is 0 Å². The van der Waals surface area contributed by atoms with Crippen molar-refractivity contribution in [3.8, 4) is 28.7 Å². The van der Waals surface area contributed by atoms with Gasteiger partial charge in [0.2, 0.25) is 0 Å². The SMILES string of the molecule is N#Cc1cnc2ccc(-c3c(-c4ccc(F)cc4)ncn3[C@]34CC5C[C@H](C[C@H](C5)C3)C4)nn12. The van der Waals surface area contributed by atoms with E-state index < -0.39 is 0 Å². The van der Waals surface area contributed by atoms with Crippen LogP contribution in [0.25, 0.3) is 28.3 Å². The van der Waals surface area contributed by atoms with Gasteiger partial charge in [-0.15, -0.1) is 0 Å². The molecule has 0 atom stereocenters. The van der Waals surface area contributed by atoms with Crippen LogP contribution in [0.2, 0.25) is 0 Å². The summed E-state index contributed by atoms with van der Waals surface area (Å²) in [4.78, 5) is 9.16. The topological polar surface area (TPSA) is 71.8 Å². The molecule has 0 N–H and O–H groups in total. The summed E-state index contributed by atoms with van der Waals surface area (Å²) in [5, 5.41) is 14.3. The molecule has 4 saturated carbocycles. The highest BCUT2D eigenvalue weighted by atomic mass is 19.1. The Balaban J connectivity index is 1.46. The van der Waals surface area contributed by atoms with Crippen molar-refractivity contribution in [2.24, 2.45) is 17.8 Å². The van der Waals surface area contributed by atoms with E-state index in [0.717, 1.165) is 40.4 Å². The first-order valence-corrected chi connectivity index (χ1v) is 11.7. The summed E-state index contributed by atoms with van der Waals surface area (Å²) in [6.45, 7) is 0. The van der Waals surface area contributed by atoms with Crippen LogP contribution in [0.4, 0.5) is 4.39 Å². The molecule has 7 heteroatoms. The van der Waals surface area contributed by atoms with Gasteiger partial charge in [-0.2, -0.15) is 10.4 Å². The standard InChI is InChI=1S/C26H23FN6/c27-20-3-1-19(2-4-20)24-25(22-5-6-23-29-14-21(13-28)33(23)31-22)32(15-30-24)26-10-16-7-17(11-26)9-18(8-16)12-26/h1-6,14-18H,7-12H2/t16-,17+,18?,26-. The number of nitrogens with zero attached hydrogens (tertiary/aromatic N) is 6. The van der Waals surface area contributed by atoms with Crippen molar-refractivity contribution in [1.29, 1.82) is 5.26 Å². The molecule has 0 spiro atoms. The summed E-state index contributed by atoms with van der Waals surface area (Å²) in [5.74, 6) is 2.09. The third-order valence-corrected chi connectivity index (χ3v) is 8.12. The second kappa shape index (κ2) is 6.74. The monoisotopic (exact) mass is 438 g/mol. The molecule has 0 radical (unpaired) electrons. The molecule has 4 aliphatic carbocycles. The van der Waals surface area contributed by atoms with Crippen molar-refractivity contribution in [1.82, 2.24) is 24.1 Å². The molecule has 1 aromatic carbocycles. The first-order valence-electron chi connectivity index (χ1n) is 11.7. The maximum Gasteiger partial charge on any atom is 0.162 e. The van der Waals surface area contributed by atoms with Crippen molar-refractivity contribution in [2.75, 3.05) is 0 Å². The first-order chi connectivity index (χ1) is 16.1. The lowest BCUT2D eigenvalue weighted by Crippen LogP contribution is -2.51. The second-order valence-electron chi connectivity index (χ2n) is 10.2. The van der Waals surface area contributed by atoms with Gasteiger partial charge in [-0.05, 0) is 92.7 Å². The summed E-state index contributed by atoms with van der Waals surface area (Å²) >= 11 is 0. The Hall–Kier alpha value is -3.53. The fourth-order valence-corrected chi connectivity index (χ4v) is 7.21. The zero-order valence-corrected chi connectivity index (χ0v) is 18.2. The van der Waals surface area contributed by atoms with Crippen LogP contribution >= 0.6 is 0 Å². The number of halogens is 1. The van der Waals surface area contributed by atoms with Gasteiger partial charge in [-0.25, -0.2) is 18.9 Å². The van der Waals surface area contributed by atoms with Gasteiger partial charge in [0.05, 0.1) is 23.9 Å². The van der Waals surface area contributed by atoms with E-state index in [1.807, 2.05) is 18.5 Å². The van der Waals surface area contributed by atoms with Crippen molar-refractivity contribution in [3.05, 3.63) is 60.4 Å². The number of rotatable bonds is 3. The maximum absolute atomic E-state index is 13.7. The van der Waals surface area contributed by atoms with Gasteiger partial charge >= 0.3 is 0 Å². The highest BCUT2D eigenvalue weighted by molar-refractivity contribution is 5.77. The van der Waals surface area contributed by atoms with E-state index in [1.54, 1.807) is 22.8 Å². The Morgan fingerprint density at radius 2 is 1.64 bits per heavy atom. The normalized spacial score (nSPS) is 27.8. The molecule has 33 heavy (non-hydrogen) atoms. The smallest absolute Gasteiger partial charge is 0.162 e. The lowest BCUT2D eigenvalue weighted by molar-refractivity contribution is -0.0423. The van der Waals surface area contributed by atoms with Crippen molar-refractivity contribution < 1.29 is 4.39 Å². The Labute approximate surface area is 190 Å². The molecule has 6 nitrogen and oxygen atoms in total. The molecular weight excluding hydrogens is 415 g/mol. The molecule has 3 heterocycles. The predicted molar refractivity (Wildman–Crippen MR) is 120 cm³/mol. The van der Waals surface area contributed by atoms with E-state index in [-0.39, 0.29) is 11.4 Å². The number of imidazole rings is 2. The zero-order chi connectivity index (χ0) is 22.2. The lowest BCUT2D eigenvalue weighted by Gasteiger charge is -2.57. The first kappa shape index (κ1) is 19.0. The van der Waals surface area contributed by atoms with Crippen LogP contribution in [-0.4, -0.2) is 24.1 Å². The van der Waals surface area contributed by atoms with Crippen LogP contribution in [-0.2, 0) is 5.54 Å². The molecule has 3 aromatic heterocycles. The number of benzene rings is 1. The van der Waals surface area contributed by atoms with Crippen LogP contribution in [0.3, 0.4) is 0 Å². The van der Waals surface area contributed by atoms with E-state index in [4.69, 9.17) is 10.1 Å². The van der Waals surface area contributed by atoms with E-state index in [9.17, 15) is 9.65 Å². The molecule has 4 bridgehead atoms. The van der Waals surface area contributed by atoms with Crippen LogP contribution in [0.1, 0.15) is 44.2 Å². The average molecular weight is 439 g/mol. The summed E-state index contributed by atoms with van der Waals surface area (Å²) in [6.07, 6.45) is 11.2. The number of hydrogen-bond acceptors (Lipinski definition) is 4. The Bertz CT molecular complexity index is 1390. The summed E-state index contributed by atoms with van der Waals surface area (Å²) < 4.78 is 17.7. The fraction of sp³-hybridized carbons (Fsp3) is 0.385. The van der Waals surface area contributed by atoms with E-state index in [1.165, 1.54) is 50.7 Å². The van der Waals surface area contributed by atoms with Gasteiger partial charge in [-0.3, -0.25) is 0 Å². The van der Waals surface area contributed by atoms with Crippen LogP contribution < -0.4 is 0 Å². The third-order valence-electron chi connectivity index (χ3n) is 8.12. The lowest BCUT2D eigenvalue weighted by atomic mass is 9.53. The quantitative estimate of drug-likeness (QED) is 0.441. The van der Waals surface area contributed by atoms with Crippen molar-refractivity contribution in [3.63, 3.8) is 0 Å². The van der Waals surface area contributed by atoms with Crippen molar-refractivity contribution in [2.45, 2.75) is 44.1 Å². The van der Waals surface area contributed by atoms with Crippen LogP contribution in [0.5, 0.6) is 0 Å². The molecular formula is C26H23FN6. The van der Waals surface area contributed by atoms with E-state index >= 15 is 0 Å². The largest absolute Gasteiger partial charge is 0.322 e. The molecule has 0 aliphatic heterocycles. The minimum atomic E-state index is -0.266. The molecule has 4 aliphatic rings. The third kappa shape index (κ3) is 2.80. The molecule has 0 unspecified atom stereocenters. The minimum Gasteiger partial charge on any atom is -0.322 e. The summed E-state index contributed by atoms with van der Waals surface area (Å²) in [6, 6.07) is 12.5. The van der Waals surface area contributed by atoms with Crippen molar-refractivity contribution >= 4 is 5.65 Å². The van der Waals surface area contributed by atoms with Gasteiger partial charge < -0.3 is 4.57 Å². The molecule has 164 valence electrons. The molecule has 4 fully saturated rings. The zero-order valence-electron chi connectivity index (χ0n) is 18.2. The number of fused-ring (bicyclic) bond motifs is 1. The molecule has 0 amide bonds. The fourth-order valence-electron chi connectivity index (χ4n) is 7.21. The highest BCUT2D eigenvalue weighted by Crippen LogP contribution is 2.59. The number of aromatic nitrogens is 5. The summed E-state index contributed by atoms with van der Waals surface area (Å²) in [7, 11) is 0. The Kier molecular flexibility index (Phi) is 3.88. The predicted octanol–water partition coefficient (Wildman–Crippen LogP) is 5.20. The average Bonchev–Trinajstić information content (AvgIpc) is 3.43. The van der Waals surface area contributed by atoms with E-state index in [0.29, 0.717) is 11.3 Å². The van der Waals surface area contributed by atoms with Gasteiger partial charge in [0.15, 0.2) is 11.3 Å². The summed E-state index contributed by atoms with van der Waals surface area (Å²) in [5.41, 5.74) is 4.46. The molecule has 4 aromatic rings. The maximum atomic E-state index is 13.7. The minimum absolute atomic E-state index is 0.0546. The van der Waals surface area contributed by atoms with Gasteiger partial charge in [-0.1, -0.05) is 0 Å². The van der Waals surface area contributed by atoms with Gasteiger partial charge in [0, 0.05) is 11.1 Å². The van der Waals surface area contributed by atoms with Crippen LogP contribution in [0.15, 0.2) is 48.9 Å². The van der Waals surface area contributed by atoms with Gasteiger partial charge in [0.1, 0.15) is 17.6 Å². The number of hydrogen-bond donors (Lipinski definition) is 0. The molecule has 8 rings (SSSR count). The van der Waals surface area contributed by atoms with E-state index in [2.05, 4.69) is 15.6 Å².